The van der Waals surface area contributed by atoms with Crippen LogP contribution in [-0.4, -0.2) is 11.9 Å². The van der Waals surface area contributed by atoms with E-state index in [-0.39, 0.29) is 12.5 Å². The molecule has 0 amide bonds. The fourth-order valence-electron chi connectivity index (χ4n) is 2.65. The van der Waals surface area contributed by atoms with Crippen molar-refractivity contribution in [3.05, 3.63) is 59.5 Å². The summed E-state index contributed by atoms with van der Waals surface area (Å²) >= 11 is 0. The van der Waals surface area contributed by atoms with Gasteiger partial charge in [-0.25, -0.2) is 4.42 Å². The molecule has 114 valence electrons. The lowest BCUT2D eigenvalue weighted by Crippen LogP contribution is -1.92. The van der Waals surface area contributed by atoms with E-state index in [0.29, 0.717) is 0 Å². The third kappa shape index (κ3) is 2.59. The first-order valence-electron chi connectivity index (χ1n) is 7.33. The SMILES string of the molecule is Cc1cc2cc3c(cc2c(/C=C/c2ccc(O)cc2)[o+]1)OCO3. The molecule has 4 rings (SSSR count). The summed E-state index contributed by atoms with van der Waals surface area (Å²) < 4.78 is 16.7. The first kappa shape index (κ1) is 13.6. The number of hydrogen-bond acceptors (Lipinski definition) is 3. The summed E-state index contributed by atoms with van der Waals surface area (Å²) in [4.78, 5) is 0. The third-order valence-corrected chi connectivity index (χ3v) is 3.76. The summed E-state index contributed by atoms with van der Waals surface area (Å²) in [5.74, 6) is 3.32. The van der Waals surface area contributed by atoms with Crippen molar-refractivity contribution in [2.24, 2.45) is 0 Å². The maximum atomic E-state index is 9.34. The summed E-state index contributed by atoms with van der Waals surface area (Å²) in [6.07, 6.45) is 3.87. The minimum Gasteiger partial charge on any atom is -0.508 e. The maximum absolute atomic E-state index is 9.34. The van der Waals surface area contributed by atoms with Gasteiger partial charge in [0.1, 0.15) is 5.75 Å². The number of phenols is 1. The predicted molar refractivity (Wildman–Crippen MR) is 88.5 cm³/mol. The number of ether oxygens (including phenoxy) is 2. The lowest BCUT2D eigenvalue weighted by atomic mass is 10.1. The molecule has 1 aliphatic rings. The summed E-state index contributed by atoms with van der Waals surface area (Å²) in [5.41, 5.74) is 0.980. The van der Waals surface area contributed by atoms with Gasteiger partial charge in [-0.3, -0.25) is 0 Å². The number of fused-ring (bicyclic) bond motifs is 2. The first-order chi connectivity index (χ1) is 11.2. The molecule has 4 nitrogen and oxygen atoms in total. The van der Waals surface area contributed by atoms with Gasteiger partial charge in [-0.05, 0) is 29.8 Å². The van der Waals surface area contributed by atoms with Crippen LogP contribution in [0.5, 0.6) is 17.2 Å². The molecule has 3 aromatic rings. The monoisotopic (exact) mass is 307 g/mol. The number of benzene rings is 2. The van der Waals surface area contributed by atoms with Crippen molar-refractivity contribution in [3.63, 3.8) is 0 Å². The third-order valence-electron chi connectivity index (χ3n) is 3.76. The van der Waals surface area contributed by atoms with Gasteiger partial charge in [0.05, 0.1) is 12.3 Å². The van der Waals surface area contributed by atoms with Gasteiger partial charge < -0.3 is 14.6 Å². The zero-order chi connectivity index (χ0) is 15.8. The van der Waals surface area contributed by atoms with Crippen LogP contribution in [0, 0.1) is 6.92 Å². The molecule has 0 saturated carbocycles. The molecule has 0 radical (unpaired) electrons. The second-order valence-electron chi connectivity index (χ2n) is 5.44. The second-order valence-corrected chi connectivity index (χ2v) is 5.44. The van der Waals surface area contributed by atoms with Crippen molar-refractivity contribution in [2.75, 3.05) is 6.79 Å². The van der Waals surface area contributed by atoms with Gasteiger partial charge in [0.15, 0.2) is 11.5 Å². The van der Waals surface area contributed by atoms with Crippen LogP contribution in [-0.2, 0) is 0 Å². The quantitative estimate of drug-likeness (QED) is 0.701. The zero-order valence-corrected chi connectivity index (χ0v) is 12.6. The summed E-state index contributed by atoms with van der Waals surface area (Å²) in [5, 5.41) is 11.4. The Morgan fingerprint density at radius 2 is 1.74 bits per heavy atom. The Morgan fingerprint density at radius 1 is 1.00 bits per heavy atom. The maximum Gasteiger partial charge on any atom is 0.360 e. The lowest BCUT2D eigenvalue weighted by molar-refractivity contribution is 0.174. The van der Waals surface area contributed by atoms with Gasteiger partial charge in [-0.15, -0.1) is 0 Å². The van der Waals surface area contributed by atoms with Crippen LogP contribution < -0.4 is 9.47 Å². The number of hydrogen-bond donors (Lipinski definition) is 1. The van der Waals surface area contributed by atoms with Gasteiger partial charge in [0.25, 0.3) is 0 Å². The highest BCUT2D eigenvalue weighted by Gasteiger charge is 2.20. The highest BCUT2D eigenvalue weighted by atomic mass is 16.7. The van der Waals surface area contributed by atoms with Gasteiger partial charge in [0, 0.05) is 23.6 Å². The van der Waals surface area contributed by atoms with E-state index in [0.717, 1.165) is 39.4 Å². The largest absolute Gasteiger partial charge is 0.508 e. The fourth-order valence-corrected chi connectivity index (χ4v) is 2.65. The Bertz CT molecular complexity index is 911. The highest BCUT2D eigenvalue weighted by molar-refractivity contribution is 5.93. The van der Waals surface area contributed by atoms with E-state index in [1.54, 1.807) is 12.1 Å². The standard InChI is InChI=1S/C19H14O4/c1-12-8-14-9-18-19(22-11-21-18)10-16(14)17(23-12)7-4-13-2-5-15(20)6-3-13/h2-10H,11H2,1H3/p+1/b7-4+. The van der Waals surface area contributed by atoms with Gasteiger partial charge in [-0.1, -0.05) is 12.1 Å². The molecule has 2 aromatic carbocycles. The first-order valence-corrected chi connectivity index (χ1v) is 7.33. The van der Waals surface area contributed by atoms with Crippen LogP contribution >= 0.6 is 0 Å². The van der Waals surface area contributed by atoms with Crippen molar-refractivity contribution in [2.45, 2.75) is 6.92 Å². The summed E-state index contributed by atoms with van der Waals surface area (Å²) in [7, 11) is 0. The van der Waals surface area contributed by atoms with Gasteiger partial charge in [0.2, 0.25) is 6.79 Å². The molecule has 0 unspecified atom stereocenters. The normalized spacial score (nSPS) is 13.1. The van der Waals surface area contributed by atoms with Gasteiger partial charge >= 0.3 is 11.5 Å². The summed E-state index contributed by atoms with van der Waals surface area (Å²) in [6, 6.07) is 12.9. The second kappa shape index (κ2) is 5.32. The average molecular weight is 307 g/mol. The van der Waals surface area contributed by atoms with Crippen LogP contribution in [0.15, 0.2) is 46.9 Å². The molecule has 0 aliphatic carbocycles. The Labute approximate surface area is 133 Å². The predicted octanol–water partition coefficient (Wildman–Crippen LogP) is 4.63. The van der Waals surface area contributed by atoms with E-state index in [1.807, 2.05) is 49.4 Å². The van der Waals surface area contributed by atoms with Crippen molar-refractivity contribution < 1.29 is 19.0 Å². The van der Waals surface area contributed by atoms with E-state index < -0.39 is 0 Å². The van der Waals surface area contributed by atoms with Crippen molar-refractivity contribution in [3.8, 4) is 17.2 Å². The molecule has 0 fully saturated rings. The van der Waals surface area contributed by atoms with E-state index >= 15 is 0 Å². The molecule has 4 heteroatoms. The van der Waals surface area contributed by atoms with Crippen LogP contribution in [0.2, 0.25) is 0 Å². The number of aryl methyl sites for hydroxylation is 1. The number of phenolic OH excluding ortho intramolecular Hbond substituents is 1. The number of rotatable bonds is 2. The Morgan fingerprint density at radius 3 is 2.52 bits per heavy atom. The average Bonchev–Trinajstić information content (AvgIpc) is 2.99. The Hall–Kier alpha value is -3.01. The van der Waals surface area contributed by atoms with E-state index in [2.05, 4.69) is 0 Å². The lowest BCUT2D eigenvalue weighted by Gasteiger charge is -1.99. The van der Waals surface area contributed by atoms with Crippen molar-refractivity contribution in [1.29, 1.82) is 0 Å². The Balaban J connectivity index is 1.81. The fraction of sp³-hybridized carbons (Fsp3) is 0.105. The molecule has 1 aromatic heterocycles. The zero-order valence-electron chi connectivity index (χ0n) is 12.6. The molecule has 2 heterocycles. The van der Waals surface area contributed by atoms with Crippen LogP contribution in [0.4, 0.5) is 0 Å². The highest BCUT2D eigenvalue weighted by Crippen LogP contribution is 2.38. The van der Waals surface area contributed by atoms with Gasteiger partial charge in [-0.2, -0.15) is 0 Å². The Kier molecular flexibility index (Phi) is 3.15. The van der Waals surface area contributed by atoms with Crippen LogP contribution in [0.1, 0.15) is 17.1 Å². The van der Waals surface area contributed by atoms with Crippen LogP contribution in [0.3, 0.4) is 0 Å². The van der Waals surface area contributed by atoms with E-state index in [1.165, 1.54) is 0 Å². The van der Waals surface area contributed by atoms with E-state index in [9.17, 15) is 5.11 Å². The topological polar surface area (TPSA) is 50.0 Å². The molecule has 1 aliphatic heterocycles. The smallest absolute Gasteiger partial charge is 0.360 e. The minimum absolute atomic E-state index is 0.250. The molecule has 23 heavy (non-hydrogen) atoms. The molecule has 1 N–H and O–H groups in total. The minimum atomic E-state index is 0.250. The molecular formula is C19H15O4+. The van der Waals surface area contributed by atoms with Crippen molar-refractivity contribution in [1.82, 2.24) is 0 Å². The van der Waals surface area contributed by atoms with Crippen LogP contribution in [0.25, 0.3) is 22.9 Å². The molecular weight excluding hydrogens is 292 g/mol. The number of aromatic hydroxyl groups is 1. The molecule has 0 saturated heterocycles. The van der Waals surface area contributed by atoms with Crippen molar-refractivity contribution >= 4 is 22.9 Å². The molecule has 0 spiro atoms. The van der Waals surface area contributed by atoms with E-state index in [4.69, 9.17) is 13.9 Å². The summed E-state index contributed by atoms with van der Waals surface area (Å²) in [6.45, 7) is 2.17. The molecule has 0 bridgehead atoms. The molecule has 0 atom stereocenters.